The molecule has 2 rings (SSSR count). The largest absolute Gasteiger partial charge is 0.321 e. The molecule has 21 heavy (non-hydrogen) atoms. The Morgan fingerprint density at radius 3 is 2.76 bits per heavy atom. The van der Waals surface area contributed by atoms with Crippen molar-refractivity contribution in [1.82, 2.24) is 10.2 Å². The van der Waals surface area contributed by atoms with Gasteiger partial charge in [-0.3, -0.25) is 10.1 Å². The van der Waals surface area contributed by atoms with Gasteiger partial charge in [0, 0.05) is 6.54 Å². The van der Waals surface area contributed by atoms with Crippen LogP contribution in [0.15, 0.2) is 24.3 Å². The Morgan fingerprint density at radius 1 is 1.38 bits per heavy atom. The molecule has 1 amide bonds. The van der Waals surface area contributed by atoms with E-state index in [1.54, 1.807) is 6.07 Å². The first kappa shape index (κ1) is 16.0. The second kappa shape index (κ2) is 7.03. The van der Waals surface area contributed by atoms with Gasteiger partial charge in [-0.2, -0.15) is 0 Å². The lowest BCUT2D eigenvalue weighted by molar-refractivity contribution is -0.130. The third-order valence-electron chi connectivity index (χ3n) is 3.82. The van der Waals surface area contributed by atoms with E-state index >= 15 is 0 Å². The summed E-state index contributed by atoms with van der Waals surface area (Å²) in [6, 6.07) is 6.38. The topological polar surface area (TPSA) is 32.3 Å². The summed E-state index contributed by atoms with van der Waals surface area (Å²) in [6.07, 6.45) is 2.72. The average molecular weight is 292 g/mol. The highest BCUT2D eigenvalue weighted by atomic mass is 19.1. The molecular weight excluding hydrogens is 267 g/mol. The maximum absolute atomic E-state index is 13.5. The summed E-state index contributed by atoms with van der Waals surface area (Å²) in [6.45, 7) is 7.00. The standard InChI is InChI=1S/C17H25FN2O/c1-4-5-9-15-17(21)20(11-12(2)3)16(19-15)13-7-6-8-14(18)10-13/h6-8,10,12,15-16,19H,4-5,9,11H2,1-3H3. The van der Waals surface area contributed by atoms with Gasteiger partial charge in [-0.15, -0.1) is 0 Å². The van der Waals surface area contributed by atoms with Crippen LogP contribution in [-0.4, -0.2) is 23.4 Å². The first-order valence-corrected chi connectivity index (χ1v) is 7.85. The van der Waals surface area contributed by atoms with Crippen LogP contribution in [0.3, 0.4) is 0 Å². The number of nitrogens with one attached hydrogen (secondary N) is 1. The summed E-state index contributed by atoms with van der Waals surface area (Å²) < 4.78 is 13.5. The van der Waals surface area contributed by atoms with Crippen molar-refractivity contribution in [1.29, 1.82) is 0 Å². The molecule has 0 aromatic heterocycles. The fourth-order valence-corrected chi connectivity index (χ4v) is 2.84. The van der Waals surface area contributed by atoms with E-state index in [2.05, 4.69) is 26.1 Å². The highest BCUT2D eigenvalue weighted by Gasteiger charge is 2.39. The molecule has 1 N–H and O–H groups in total. The third-order valence-corrected chi connectivity index (χ3v) is 3.82. The Labute approximate surface area is 126 Å². The molecule has 0 spiro atoms. The predicted molar refractivity (Wildman–Crippen MR) is 82.1 cm³/mol. The minimum Gasteiger partial charge on any atom is -0.321 e. The Hall–Kier alpha value is -1.42. The van der Waals surface area contributed by atoms with Gasteiger partial charge in [-0.05, 0) is 30.0 Å². The van der Waals surface area contributed by atoms with Gasteiger partial charge in [-0.25, -0.2) is 4.39 Å². The number of carbonyl (C=O) groups is 1. The van der Waals surface area contributed by atoms with Crippen LogP contribution >= 0.6 is 0 Å². The first-order valence-electron chi connectivity index (χ1n) is 7.85. The highest BCUT2D eigenvalue weighted by molar-refractivity contribution is 5.84. The van der Waals surface area contributed by atoms with Crippen molar-refractivity contribution >= 4 is 5.91 Å². The van der Waals surface area contributed by atoms with E-state index in [0.717, 1.165) is 24.8 Å². The molecule has 0 aliphatic carbocycles. The molecule has 1 aromatic carbocycles. The molecule has 2 atom stereocenters. The number of carbonyl (C=O) groups excluding carboxylic acids is 1. The monoisotopic (exact) mass is 292 g/mol. The number of benzene rings is 1. The van der Waals surface area contributed by atoms with Crippen LogP contribution in [0.25, 0.3) is 0 Å². The number of hydrogen-bond donors (Lipinski definition) is 1. The van der Waals surface area contributed by atoms with Gasteiger partial charge < -0.3 is 4.90 Å². The van der Waals surface area contributed by atoms with Gasteiger partial charge in [0.2, 0.25) is 5.91 Å². The zero-order valence-electron chi connectivity index (χ0n) is 13.1. The van der Waals surface area contributed by atoms with Gasteiger partial charge in [0.25, 0.3) is 0 Å². The van der Waals surface area contributed by atoms with E-state index in [-0.39, 0.29) is 23.9 Å². The lowest BCUT2D eigenvalue weighted by Gasteiger charge is -2.26. The fraction of sp³-hybridized carbons (Fsp3) is 0.588. The molecular formula is C17H25FN2O. The van der Waals surface area contributed by atoms with Crippen LogP contribution in [0.2, 0.25) is 0 Å². The lowest BCUT2D eigenvalue weighted by atomic mass is 10.1. The van der Waals surface area contributed by atoms with Crippen molar-refractivity contribution in [3.8, 4) is 0 Å². The number of nitrogens with zero attached hydrogens (tertiary/aromatic N) is 1. The number of halogens is 1. The predicted octanol–water partition coefficient (Wildman–Crippen LogP) is 3.47. The molecule has 1 aliphatic rings. The quantitative estimate of drug-likeness (QED) is 0.870. The van der Waals surface area contributed by atoms with Crippen molar-refractivity contribution in [3.63, 3.8) is 0 Å². The van der Waals surface area contributed by atoms with E-state index in [9.17, 15) is 9.18 Å². The van der Waals surface area contributed by atoms with Crippen LogP contribution in [0, 0.1) is 11.7 Å². The summed E-state index contributed by atoms with van der Waals surface area (Å²) in [5.41, 5.74) is 0.822. The van der Waals surface area contributed by atoms with Crippen molar-refractivity contribution in [3.05, 3.63) is 35.6 Å². The maximum atomic E-state index is 13.5. The van der Waals surface area contributed by atoms with E-state index in [1.165, 1.54) is 12.1 Å². The van der Waals surface area contributed by atoms with E-state index in [0.29, 0.717) is 12.5 Å². The molecule has 3 nitrogen and oxygen atoms in total. The molecule has 1 aromatic rings. The number of hydrogen-bond acceptors (Lipinski definition) is 2. The normalized spacial score (nSPS) is 22.3. The summed E-state index contributed by atoms with van der Waals surface area (Å²) >= 11 is 0. The van der Waals surface area contributed by atoms with Gasteiger partial charge in [0.15, 0.2) is 0 Å². The number of rotatable bonds is 6. The van der Waals surface area contributed by atoms with E-state index < -0.39 is 0 Å². The second-order valence-electron chi connectivity index (χ2n) is 6.20. The number of amides is 1. The molecule has 0 bridgehead atoms. The minimum atomic E-state index is -0.261. The summed E-state index contributed by atoms with van der Waals surface area (Å²) in [4.78, 5) is 14.4. The van der Waals surface area contributed by atoms with Gasteiger partial charge in [0.1, 0.15) is 12.0 Å². The Bertz CT molecular complexity index is 489. The van der Waals surface area contributed by atoms with Gasteiger partial charge >= 0.3 is 0 Å². The molecule has 0 saturated carbocycles. The zero-order valence-corrected chi connectivity index (χ0v) is 13.1. The molecule has 1 heterocycles. The second-order valence-corrected chi connectivity index (χ2v) is 6.20. The van der Waals surface area contributed by atoms with E-state index in [4.69, 9.17) is 0 Å². The van der Waals surface area contributed by atoms with Gasteiger partial charge in [0.05, 0.1) is 6.04 Å². The molecule has 1 fully saturated rings. The van der Waals surface area contributed by atoms with Crippen molar-refractivity contribution in [2.45, 2.75) is 52.2 Å². The van der Waals surface area contributed by atoms with Crippen LogP contribution in [0.1, 0.15) is 51.8 Å². The first-order chi connectivity index (χ1) is 10.0. The summed E-state index contributed by atoms with van der Waals surface area (Å²) in [5, 5.41) is 3.38. The van der Waals surface area contributed by atoms with Crippen LogP contribution in [0.5, 0.6) is 0 Å². The molecule has 1 aliphatic heterocycles. The van der Waals surface area contributed by atoms with E-state index in [1.807, 2.05) is 11.0 Å². The zero-order chi connectivity index (χ0) is 15.4. The molecule has 4 heteroatoms. The van der Waals surface area contributed by atoms with Crippen LogP contribution < -0.4 is 5.32 Å². The van der Waals surface area contributed by atoms with Crippen molar-refractivity contribution < 1.29 is 9.18 Å². The molecule has 116 valence electrons. The van der Waals surface area contributed by atoms with Crippen molar-refractivity contribution in [2.75, 3.05) is 6.54 Å². The smallest absolute Gasteiger partial charge is 0.241 e. The fourth-order valence-electron chi connectivity index (χ4n) is 2.84. The third kappa shape index (κ3) is 3.82. The maximum Gasteiger partial charge on any atom is 0.241 e. The summed E-state index contributed by atoms with van der Waals surface area (Å²) in [5.74, 6) is 0.270. The Kier molecular flexibility index (Phi) is 5.34. The van der Waals surface area contributed by atoms with Gasteiger partial charge in [-0.1, -0.05) is 45.7 Å². The van der Waals surface area contributed by atoms with Crippen molar-refractivity contribution in [2.24, 2.45) is 5.92 Å². The lowest BCUT2D eigenvalue weighted by Crippen LogP contribution is -2.34. The van der Waals surface area contributed by atoms with Crippen LogP contribution in [0.4, 0.5) is 4.39 Å². The molecule has 2 unspecified atom stereocenters. The summed E-state index contributed by atoms with van der Waals surface area (Å²) in [7, 11) is 0. The number of unbranched alkanes of at least 4 members (excludes halogenated alkanes) is 1. The minimum absolute atomic E-state index is 0.142. The Balaban J connectivity index is 2.22. The molecule has 0 radical (unpaired) electrons. The highest BCUT2D eigenvalue weighted by Crippen LogP contribution is 2.28. The van der Waals surface area contributed by atoms with Crippen LogP contribution in [-0.2, 0) is 4.79 Å². The SMILES string of the molecule is CCCCC1NC(c2cccc(F)c2)N(CC(C)C)C1=O. The molecule has 1 saturated heterocycles. The Morgan fingerprint density at radius 2 is 2.14 bits per heavy atom. The average Bonchev–Trinajstić information content (AvgIpc) is 2.73.